The normalized spacial score (nSPS) is 10.6. The zero-order valence-corrected chi connectivity index (χ0v) is 15.2. The van der Waals surface area contributed by atoms with Crippen LogP contribution in [0.4, 0.5) is 15.2 Å². The number of rotatable bonds is 5. The lowest BCUT2D eigenvalue weighted by Gasteiger charge is -2.12. The summed E-state index contributed by atoms with van der Waals surface area (Å²) in [6.45, 7) is 0. The zero-order valence-electron chi connectivity index (χ0n) is 14.4. The number of aromatic nitrogens is 3. The van der Waals surface area contributed by atoms with Crippen LogP contribution in [0.1, 0.15) is 0 Å². The second-order valence-corrected chi connectivity index (χ2v) is 6.63. The summed E-state index contributed by atoms with van der Waals surface area (Å²) >= 11 is 1.41. The molecule has 0 saturated carbocycles. The first-order valence-corrected chi connectivity index (χ1v) is 9.01. The number of para-hydroxylation sites is 1. The molecule has 2 heterocycles. The van der Waals surface area contributed by atoms with Crippen LogP contribution in [0.2, 0.25) is 0 Å². The van der Waals surface area contributed by atoms with Gasteiger partial charge < -0.3 is 10.1 Å². The van der Waals surface area contributed by atoms with Crippen molar-refractivity contribution in [3.63, 3.8) is 0 Å². The number of halogens is 1. The van der Waals surface area contributed by atoms with Crippen LogP contribution in [0.15, 0.2) is 66.9 Å². The standard InChI is InChI=1S/C20H15FN4OS/c1-26-16-9-5-8-15(18(16)13-10-11-22-17(21)12-13)19-24-25-20(27-19)23-14-6-3-2-4-7-14/h2-12H,1H3,(H,23,25). The number of hydrogen-bond acceptors (Lipinski definition) is 6. The highest BCUT2D eigenvalue weighted by Gasteiger charge is 2.17. The lowest BCUT2D eigenvalue weighted by atomic mass is 9.99. The van der Waals surface area contributed by atoms with E-state index in [0.29, 0.717) is 21.5 Å². The second kappa shape index (κ2) is 7.51. The van der Waals surface area contributed by atoms with Crippen molar-refractivity contribution in [3.8, 4) is 27.4 Å². The molecule has 0 bridgehead atoms. The monoisotopic (exact) mass is 378 g/mol. The van der Waals surface area contributed by atoms with E-state index in [0.717, 1.165) is 16.8 Å². The summed E-state index contributed by atoms with van der Waals surface area (Å²) in [5, 5.41) is 13.1. The molecule has 27 heavy (non-hydrogen) atoms. The highest BCUT2D eigenvalue weighted by atomic mass is 32.1. The maximum absolute atomic E-state index is 13.7. The SMILES string of the molecule is COc1cccc(-c2nnc(Nc3ccccc3)s2)c1-c1ccnc(F)c1. The fourth-order valence-electron chi connectivity index (χ4n) is 2.76. The number of pyridine rings is 1. The Kier molecular flexibility index (Phi) is 4.76. The van der Waals surface area contributed by atoms with Crippen LogP contribution in [0.3, 0.4) is 0 Å². The van der Waals surface area contributed by atoms with Gasteiger partial charge in [-0.25, -0.2) is 4.98 Å². The minimum atomic E-state index is -0.548. The molecular weight excluding hydrogens is 363 g/mol. The molecule has 0 saturated heterocycles. The molecule has 0 aliphatic carbocycles. The van der Waals surface area contributed by atoms with Crippen LogP contribution in [-0.2, 0) is 0 Å². The van der Waals surface area contributed by atoms with Crippen LogP contribution in [-0.4, -0.2) is 22.3 Å². The van der Waals surface area contributed by atoms with E-state index in [-0.39, 0.29) is 0 Å². The van der Waals surface area contributed by atoms with Crippen LogP contribution in [0.25, 0.3) is 21.7 Å². The van der Waals surface area contributed by atoms with Gasteiger partial charge in [-0.05, 0) is 29.8 Å². The number of nitrogens with zero attached hydrogens (tertiary/aromatic N) is 3. The van der Waals surface area contributed by atoms with Gasteiger partial charge in [0.25, 0.3) is 0 Å². The Morgan fingerprint density at radius 2 is 1.85 bits per heavy atom. The van der Waals surface area contributed by atoms with E-state index in [9.17, 15) is 4.39 Å². The molecule has 0 amide bonds. The Morgan fingerprint density at radius 3 is 2.63 bits per heavy atom. The third kappa shape index (κ3) is 3.63. The van der Waals surface area contributed by atoms with E-state index < -0.39 is 5.95 Å². The van der Waals surface area contributed by atoms with Gasteiger partial charge in [0.2, 0.25) is 11.1 Å². The lowest BCUT2D eigenvalue weighted by Crippen LogP contribution is -1.93. The van der Waals surface area contributed by atoms with Crippen molar-refractivity contribution < 1.29 is 9.13 Å². The van der Waals surface area contributed by atoms with E-state index in [1.165, 1.54) is 23.6 Å². The molecule has 4 rings (SSSR count). The summed E-state index contributed by atoms with van der Waals surface area (Å²) in [5.74, 6) is 0.0823. The summed E-state index contributed by atoms with van der Waals surface area (Å²) in [7, 11) is 1.59. The molecule has 0 fully saturated rings. The molecule has 0 radical (unpaired) electrons. The number of nitrogens with one attached hydrogen (secondary N) is 1. The molecule has 5 nitrogen and oxygen atoms in total. The Morgan fingerprint density at radius 1 is 1.00 bits per heavy atom. The first-order valence-electron chi connectivity index (χ1n) is 8.19. The van der Waals surface area contributed by atoms with Crippen LogP contribution >= 0.6 is 11.3 Å². The molecule has 7 heteroatoms. The zero-order chi connectivity index (χ0) is 18.6. The van der Waals surface area contributed by atoms with Crippen molar-refractivity contribution in [2.75, 3.05) is 12.4 Å². The Hall–Kier alpha value is -3.32. The Balaban J connectivity index is 1.76. The van der Waals surface area contributed by atoms with Gasteiger partial charge in [-0.3, -0.25) is 0 Å². The van der Waals surface area contributed by atoms with Gasteiger partial charge in [0.05, 0.1) is 7.11 Å². The van der Waals surface area contributed by atoms with Gasteiger partial charge in [0.15, 0.2) is 0 Å². The molecule has 0 atom stereocenters. The van der Waals surface area contributed by atoms with E-state index in [4.69, 9.17) is 4.74 Å². The Labute approximate surface area is 159 Å². The summed E-state index contributed by atoms with van der Waals surface area (Å²) in [6.07, 6.45) is 1.43. The van der Waals surface area contributed by atoms with Crippen molar-refractivity contribution >= 4 is 22.2 Å². The van der Waals surface area contributed by atoms with E-state index in [1.54, 1.807) is 13.2 Å². The highest BCUT2D eigenvalue weighted by Crippen LogP contribution is 2.41. The van der Waals surface area contributed by atoms with Crippen molar-refractivity contribution in [1.82, 2.24) is 15.2 Å². The van der Waals surface area contributed by atoms with E-state index >= 15 is 0 Å². The van der Waals surface area contributed by atoms with Gasteiger partial charge in [-0.2, -0.15) is 4.39 Å². The molecule has 4 aromatic rings. The van der Waals surface area contributed by atoms with Crippen molar-refractivity contribution in [2.24, 2.45) is 0 Å². The van der Waals surface area contributed by atoms with Gasteiger partial charge in [-0.15, -0.1) is 10.2 Å². The fraction of sp³-hybridized carbons (Fsp3) is 0.0500. The average Bonchev–Trinajstić information content (AvgIpc) is 3.16. The number of methoxy groups -OCH3 is 1. The minimum absolute atomic E-state index is 0.548. The number of anilines is 2. The summed E-state index contributed by atoms with van der Waals surface area (Å²) in [6, 6.07) is 18.5. The third-order valence-electron chi connectivity index (χ3n) is 3.94. The van der Waals surface area contributed by atoms with E-state index in [1.807, 2.05) is 48.5 Å². The Bertz CT molecular complexity index is 1070. The second-order valence-electron chi connectivity index (χ2n) is 5.65. The quantitative estimate of drug-likeness (QED) is 0.486. The van der Waals surface area contributed by atoms with Gasteiger partial charge in [0.1, 0.15) is 10.8 Å². The third-order valence-corrected chi connectivity index (χ3v) is 4.81. The van der Waals surface area contributed by atoms with Crippen LogP contribution in [0.5, 0.6) is 5.75 Å². The first-order chi connectivity index (χ1) is 13.2. The number of benzene rings is 2. The smallest absolute Gasteiger partial charge is 0.213 e. The van der Waals surface area contributed by atoms with Crippen molar-refractivity contribution in [2.45, 2.75) is 0 Å². The molecule has 2 aromatic carbocycles. The van der Waals surface area contributed by atoms with Gasteiger partial charge in [0, 0.05) is 29.1 Å². The highest BCUT2D eigenvalue weighted by molar-refractivity contribution is 7.18. The summed E-state index contributed by atoms with van der Waals surface area (Å²) < 4.78 is 19.2. The number of hydrogen-bond donors (Lipinski definition) is 1. The molecule has 0 spiro atoms. The molecule has 0 aliphatic rings. The van der Waals surface area contributed by atoms with Crippen LogP contribution < -0.4 is 10.1 Å². The predicted octanol–water partition coefficient (Wildman–Crippen LogP) is 5.16. The molecular formula is C20H15FN4OS. The predicted molar refractivity (Wildman–Crippen MR) is 105 cm³/mol. The van der Waals surface area contributed by atoms with Crippen molar-refractivity contribution in [3.05, 3.63) is 72.8 Å². The number of ether oxygens (including phenoxy) is 1. The molecule has 0 aliphatic heterocycles. The lowest BCUT2D eigenvalue weighted by molar-refractivity contribution is 0.416. The van der Waals surface area contributed by atoms with Crippen molar-refractivity contribution in [1.29, 1.82) is 0 Å². The van der Waals surface area contributed by atoms with Crippen LogP contribution in [0, 0.1) is 5.95 Å². The summed E-state index contributed by atoms with van der Waals surface area (Å²) in [5.41, 5.74) is 3.17. The average molecular weight is 378 g/mol. The maximum Gasteiger partial charge on any atom is 0.213 e. The fourth-order valence-corrected chi connectivity index (χ4v) is 3.56. The summed E-state index contributed by atoms with van der Waals surface area (Å²) in [4.78, 5) is 3.63. The molecule has 1 N–H and O–H groups in total. The van der Waals surface area contributed by atoms with E-state index in [2.05, 4.69) is 20.5 Å². The largest absolute Gasteiger partial charge is 0.496 e. The molecule has 0 unspecified atom stereocenters. The van der Waals surface area contributed by atoms with Gasteiger partial charge >= 0.3 is 0 Å². The van der Waals surface area contributed by atoms with Gasteiger partial charge in [-0.1, -0.05) is 41.7 Å². The first kappa shape index (κ1) is 17.1. The topological polar surface area (TPSA) is 59.9 Å². The minimum Gasteiger partial charge on any atom is -0.496 e. The molecule has 2 aromatic heterocycles. The molecule has 134 valence electrons. The maximum atomic E-state index is 13.7.